The van der Waals surface area contributed by atoms with E-state index in [4.69, 9.17) is 0 Å². The van der Waals surface area contributed by atoms with Crippen molar-refractivity contribution in [2.75, 3.05) is 5.01 Å². The van der Waals surface area contributed by atoms with Crippen LogP contribution in [0.5, 0.6) is 0 Å². The fourth-order valence-electron chi connectivity index (χ4n) is 2.60. The molecule has 26 heavy (non-hydrogen) atoms. The van der Waals surface area contributed by atoms with Crippen molar-refractivity contribution in [2.24, 2.45) is 0 Å². The molecule has 1 aliphatic rings. The minimum Gasteiger partial charge on any atom is -0.300 e. The maximum absolute atomic E-state index is 14.3. The lowest BCUT2D eigenvalue weighted by Gasteiger charge is -2.20. The molecule has 0 radical (unpaired) electrons. The van der Waals surface area contributed by atoms with E-state index in [1.54, 1.807) is 41.8 Å². The number of anilines is 1. The molecular formula is C19H13F2N5. The van der Waals surface area contributed by atoms with E-state index in [9.17, 15) is 8.78 Å². The largest absolute Gasteiger partial charge is 0.300 e. The molecule has 0 amide bonds. The van der Waals surface area contributed by atoms with Crippen molar-refractivity contribution in [1.29, 1.82) is 0 Å². The standard InChI is InChI=1S/C19H13F2N5/c20-16-6-5-13(10-15(16)19-17(21)4-3-7-22-19)14-11-18(25-23-12-14)26-9-2-1-8-24-26/h1-12,24H. The van der Waals surface area contributed by atoms with Crippen LogP contribution in [0.1, 0.15) is 0 Å². The second-order valence-corrected chi connectivity index (χ2v) is 5.53. The van der Waals surface area contributed by atoms with Crippen molar-refractivity contribution in [3.05, 3.63) is 85.0 Å². The fourth-order valence-corrected chi connectivity index (χ4v) is 2.60. The Balaban J connectivity index is 1.75. The van der Waals surface area contributed by atoms with Crippen molar-refractivity contribution < 1.29 is 8.78 Å². The van der Waals surface area contributed by atoms with Crippen LogP contribution < -0.4 is 10.4 Å². The fraction of sp³-hybridized carbons (Fsp3) is 0. The predicted octanol–water partition coefficient (Wildman–Crippen LogP) is 3.84. The van der Waals surface area contributed by atoms with Gasteiger partial charge in [-0.2, -0.15) is 5.10 Å². The van der Waals surface area contributed by atoms with Crippen molar-refractivity contribution >= 4 is 5.82 Å². The van der Waals surface area contributed by atoms with Gasteiger partial charge in [-0.1, -0.05) is 6.07 Å². The second-order valence-electron chi connectivity index (χ2n) is 5.53. The van der Waals surface area contributed by atoms with Crippen molar-refractivity contribution in [2.45, 2.75) is 0 Å². The van der Waals surface area contributed by atoms with Crippen LogP contribution >= 0.6 is 0 Å². The Morgan fingerprint density at radius 1 is 0.962 bits per heavy atom. The molecule has 4 rings (SSSR count). The van der Waals surface area contributed by atoms with Crippen LogP contribution in [0.3, 0.4) is 0 Å². The Kier molecular flexibility index (Phi) is 4.10. The van der Waals surface area contributed by atoms with E-state index in [-0.39, 0.29) is 11.3 Å². The number of benzene rings is 1. The first-order valence-corrected chi connectivity index (χ1v) is 7.85. The molecule has 0 atom stereocenters. The van der Waals surface area contributed by atoms with Gasteiger partial charge in [0.25, 0.3) is 0 Å². The molecule has 2 aromatic heterocycles. The van der Waals surface area contributed by atoms with Crippen LogP contribution in [0.25, 0.3) is 22.4 Å². The number of rotatable bonds is 3. The van der Waals surface area contributed by atoms with E-state index in [0.717, 1.165) is 5.56 Å². The summed E-state index contributed by atoms with van der Waals surface area (Å²) >= 11 is 0. The molecule has 3 heterocycles. The summed E-state index contributed by atoms with van der Waals surface area (Å²) < 4.78 is 28.3. The SMILES string of the molecule is Fc1ccc(-c2cnnc(N3C=CC=CN3)c2)cc1-c1ncccc1F. The van der Waals surface area contributed by atoms with Crippen LogP contribution in [0.2, 0.25) is 0 Å². The summed E-state index contributed by atoms with van der Waals surface area (Å²) in [5, 5.41) is 9.78. The van der Waals surface area contributed by atoms with E-state index in [0.29, 0.717) is 11.4 Å². The zero-order chi connectivity index (χ0) is 17.9. The lowest BCUT2D eigenvalue weighted by Crippen LogP contribution is -2.31. The topological polar surface area (TPSA) is 53.9 Å². The molecule has 0 unspecified atom stereocenters. The summed E-state index contributed by atoms with van der Waals surface area (Å²) in [6.45, 7) is 0. The average molecular weight is 349 g/mol. The van der Waals surface area contributed by atoms with Crippen molar-refractivity contribution in [1.82, 2.24) is 20.6 Å². The highest BCUT2D eigenvalue weighted by Crippen LogP contribution is 2.29. The van der Waals surface area contributed by atoms with Gasteiger partial charge in [0, 0.05) is 29.7 Å². The maximum atomic E-state index is 14.3. The van der Waals surface area contributed by atoms with Crippen LogP contribution in [0.4, 0.5) is 14.6 Å². The molecule has 1 aromatic carbocycles. The highest BCUT2D eigenvalue weighted by atomic mass is 19.1. The molecule has 0 aliphatic carbocycles. The summed E-state index contributed by atoms with van der Waals surface area (Å²) in [6, 6.07) is 8.98. The number of halogens is 2. The molecule has 0 saturated heterocycles. The number of hydrogen-bond donors (Lipinski definition) is 1. The van der Waals surface area contributed by atoms with Gasteiger partial charge in [-0.3, -0.25) is 4.98 Å². The third-order valence-electron chi connectivity index (χ3n) is 3.86. The molecule has 3 aromatic rings. The Morgan fingerprint density at radius 2 is 1.88 bits per heavy atom. The highest BCUT2D eigenvalue weighted by Gasteiger charge is 2.14. The van der Waals surface area contributed by atoms with Gasteiger partial charge in [0.15, 0.2) is 5.82 Å². The summed E-state index contributed by atoms with van der Waals surface area (Å²) in [4.78, 5) is 3.96. The number of nitrogens with zero attached hydrogens (tertiary/aromatic N) is 4. The summed E-state index contributed by atoms with van der Waals surface area (Å²) in [5.41, 5.74) is 4.48. The Bertz CT molecular complexity index is 1020. The van der Waals surface area contributed by atoms with E-state index in [1.165, 1.54) is 24.4 Å². The number of aromatic nitrogens is 3. The molecule has 0 saturated carbocycles. The van der Waals surface area contributed by atoms with Gasteiger partial charge >= 0.3 is 0 Å². The van der Waals surface area contributed by atoms with Gasteiger partial charge in [-0.25, -0.2) is 13.8 Å². The first-order chi connectivity index (χ1) is 12.7. The first-order valence-electron chi connectivity index (χ1n) is 7.85. The molecule has 0 spiro atoms. The Labute approximate surface area is 148 Å². The zero-order valence-corrected chi connectivity index (χ0v) is 13.5. The number of pyridine rings is 1. The summed E-state index contributed by atoms with van der Waals surface area (Å²) in [6.07, 6.45) is 10.3. The van der Waals surface area contributed by atoms with E-state index in [2.05, 4.69) is 20.6 Å². The van der Waals surface area contributed by atoms with Gasteiger partial charge in [0.1, 0.15) is 17.3 Å². The molecule has 128 valence electrons. The van der Waals surface area contributed by atoms with Crippen LogP contribution in [-0.4, -0.2) is 15.2 Å². The monoisotopic (exact) mass is 349 g/mol. The quantitative estimate of drug-likeness (QED) is 0.779. The summed E-state index contributed by atoms with van der Waals surface area (Å²) in [5.74, 6) is -0.552. The number of nitrogens with one attached hydrogen (secondary N) is 1. The average Bonchev–Trinajstić information content (AvgIpc) is 2.70. The van der Waals surface area contributed by atoms with Crippen molar-refractivity contribution in [3.63, 3.8) is 0 Å². The predicted molar refractivity (Wildman–Crippen MR) is 94.5 cm³/mol. The lowest BCUT2D eigenvalue weighted by molar-refractivity contribution is 0.611. The van der Waals surface area contributed by atoms with Gasteiger partial charge in [0.2, 0.25) is 0 Å². The number of hydrazine groups is 1. The molecule has 5 nitrogen and oxygen atoms in total. The lowest BCUT2D eigenvalue weighted by atomic mass is 10.0. The molecular weight excluding hydrogens is 336 g/mol. The van der Waals surface area contributed by atoms with E-state index >= 15 is 0 Å². The van der Waals surface area contributed by atoms with E-state index < -0.39 is 11.6 Å². The normalized spacial score (nSPS) is 12.9. The molecule has 1 N–H and O–H groups in total. The molecule has 0 bridgehead atoms. The minimum absolute atomic E-state index is 0.0279. The third-order valence-corrected chi connectivity index (χ3v) is 3.86. The molecule has 0 fully saturated rings. The molecule has 7 heteroatoms. The summed E-state index contributed by atoms with van der Waals surface area (Å²) in [7, 11) is 0. The number of hydrogen-bond acceptors (Lipinski definition) is 5. The van der Waals surface area contributed by atoms with Crippen LogP contribution in [-0.2, 0) is 0 Å². The van der Waals surface area contributed by atoms with Gasteiger partial charge in [-0.15, -0.1) is 5.10 Å². The Morgan fingerprint density at radius 3 is 2.69 bits per heavy atom. The van der Waals surface area contributed by atoms with E-state index in [1.807, 2.05) is 12.2 Å². The smallest absolute Gasteiger partial charge is 0.174 e. The van der Waals surface area contributed by atoms with Crippen molar-refractivity contribution in [3.8, 4) is 22.4 Å². The highest BCUT2D eigenvalue weighted by molar-refractivity contribution is 5.73. The molecule has 1 aliphatic heterocycles. The maximum Gasteiger partial charge on any atom is 0.174 e. The van der Waals surface area contributed by atoms with Gasteiger partial charge < -0.3 is 5.43 Å². The van der Waals surface area contributed by atoms with Crippen LogP contribution in [0, 0.1) is 11.6 Å². The second kappa shape index (κ2) is 6.72. The van der Waals surface area contributed by atoms with Crippen LogP contribution in [0.15, 0.2) is 73.3 Å². The van der Waals surface area contributed by atoms with Gasteiger partial charge in [0.05, 0.1) is 6.20 Å². The number of allylic oxidation sites excluding steroid dienone is 2. The van der Waals surface area contributed by atoms with Gasteiger partial charge in [-0.05, 0) is 48.0 Å². The third kappa shape index (κ3) is 3.02. The zero-order valence-electron chi connectivity index (χ0n) is 13.5. The Hall–Kier alpha value is -3.61. The minimum atomic E-state index is -0.577. The first kappa shape index (κ1) is 15.9.